The number of hydrogen-bond acceptors (Lipinski definition) is 5. The molecule has 4 aromatic rings. The lowest BCUT2D eigenvalue weighted by Gasteiger charge is -2.08. The number of ether oxygens (including phenoxy) is 1. The predicted octanol–water partition coefficient (Wildman–Crippen LogP) is 4.10. The molecule has 3 aromatic heterocycles. The van der Waals surface area contributed by atoms with Crippen molar-refractivity contribution < 1.29 is 9.15 Å². The minimum absolute atomic E-state index is 0.395. The highest BCUT2D eigenvalue weighted by atomic mass is 32.1. The Morgan fingerprint density at radius 2 is 2.21 bits per heavy atom. The number of nitrogens with two attached hydrogens (primary N) is 1. The van der Waals surface area contributed by atoms with E-state index in [2.05, 4.69) is 10.5 Å². The maximum absolute atomic E-state index is 6.06. The summed E-state index contributed by atoms with van der Waals surface area (Å²) >= 11 is 1.58. The molecule has 0 aliphatic rings. The Morgan fingerprint density at radius 1 is 1.33 bits per heavy atom. The number of nitrogens with zero attached hydrogens (tertiary/aromatic N) is 2. The molecule has 0 atom stereocenters. The third-order valence-corrected chi connectivity index (χ3v) is 4.92. The molecule has 0 unspecified atom stereocenters. The number of aromatic nitrogens is 2. The van der Waals surface area contributed by atoms with Gasteiger partial charge in [0.25, 0.3) is 0 Å². The number of fused-ring (bicyclic) bond motifs is 1. The smallest absolute Gasteiger partial charge is 0.195 e. The molecule has 0 saturated heterocycles. The first kappa shape index (κ1) is 15.0. The second-order valence-electron chi connectivity index (χ2n) is 5.51. The molecule has 0 aliphatic heterocycles. The Labute approximate surface area is 143 Å². The summed E-state index contributed by atoms with van der Waals surface area (Å²) in [6, 6.07) is 9.89. The van der Waals surface area contributed by atoms with Crippen molar-refractivity contribution in [2.24, 2.45) is 5.73 Å². The van der Waals surface area contributed by atoms with E-state index in [1.54, 1.807) is 24.7 Å². The summed E-state index contributed by atoms with van der Waals surface area (Å²) in [5, 5.41) is 2.05. The highest BCUT2D eigenvalue weighted by molar-refractivity contribution is 7.15. The van der Waals surface area contributed by atoms with E-state index in [1.165, 1.54) is 0 Å². The number of imidazole rings is 1. The van der Waals surface area contributed by atoms with Gasteiger partial charge in [-0.1, -0.05) is 0 Å². The number of benzene rings is 1. The lowest BCUT2D eigenvalue weighted by molar-refractivity contribution is 0.412. The summed E-state index contributed by atoms with van der Waals surface area (Å²) in [7, 11) is 1.68. The quantitative estimate of drug-likeness (QED) is 0.608. The van der Waals surface area contributed by atoms with Crippen LogP contribution >= 0.6 is 11.3 Å². The first-order chi connectivity index (χ1) is 11.7. The van der Waals surface area contributed by atoms with Crippen LogP contribution in [0.3, 0.4) is 0 Å². The lowest BCUT2D eigenvalue weighted by Crippen LogP contribution is -2.03. The topological polar surface area (TPSA) is 65.7 Å². The van der Waals surface area contributed by atoms with Crippen LogP contribution in [-0.2, 0) is 6.54 Å². The van der Waals surface area contributed by atoms with E-state index < -0.39 is 0 Å². The normalized spacial score (nSPS) is 11.3. The SMILES string of the molecule is COc1ccc(-c2nc3scc(-c4ccco4)n3c2CN)cc1C. The molecule has 0 saturated carbocycles. The summed E-state index contributed by atoms with van der Waals surface area (Å²) < 4.78 is 13.0. The Morgan fingerprint density at radius 3 is 2.88 bits per heavy atom. The van der Waals surface area contributed by atoms with Crippen LogP contribution in [0, 0.1) is 6.92 Å². The fourth-order valence-electron chi connectivity index (χ4n) is 2.96. The first-order valence-corrected chi connectivity index (χ1v) is 8.48. The van der Waals surface area contributed by atoms with Crippen molar-refractivity contribution in [2.75, 3.05) is 7.11 Å². The van der Waals surface area contributed by atoms with E-state index >= 15 is 0 Å². The highest BCUT2D eigenvalue weighted by Gasteiger charge is 2.19. The van der Waals surface area contributed by atoms with Crippen molar-refractivity contribution in [3.05, 3.63) is 53.2 Å². The van der Waals surface area contributed by atoms with Gasteiger partial charge in [0.1, 0.15) is 11.4 Å². The predicted molar refractivity (Wildman–Crippen MR) is 95.4 cm³/mol. The summed E-state index contributed by atoms with van der Waals surface area (Å²) in [6.45, 7) is 2.42. The zero-order valence-electron chi connectivity index (χ0n) is 13.4. The van der Waals surface area contributed by atoms with Crippen molar-refractivity contribution in [2.45, 2.75) is 13.5 Å². The molecule has 24 heavy (non-hydrogen) atoms. The van der Waals surface area contributed by atoms with E-state index in [1.807, 2.05) is 36.6 Å². The highest BCUT2D eigenvalue weighted by Crippen LogP contribution is 2.34. The van der Waals surface area contributed by atoms with Crippen LogP contribution in [0.15, 0.2) is 46.4 Å². The van der Waals surface area contributed by atoms with Gasteiger partial charge in [-0.05, 0) is 42.8 Å². The maximum Gasteiger partial charge on any atom is 0.195 e. The molecule has 0 radical (unpaired) electrons. The molecule has 0 aliphatic carbocycles. The molecule has 4 rings (SSSR count). The lowest BCUT2D eigenvalue weighted by atomic mass is 10.1. The van der Waals surface area contributed by atoms with Gasteiger partial charge in [-0.15, -0.1) is 11.3 Å². The summed E-state index contributed by atoms with van der Waals surface area (Å²) in [4.78, 5) is 5.71. The van der Waals surface area contributed by atoms with Gasteiger partial charge in [-0.3, -0.25) is 4.40 Å². The Balaban J connectivity index is 1.92. The Hall–Kier alpha value is -2.57. The zero-order valence-corrected chi connectivity index (χ0v) is 14.3. The fourth-order valence-corrected chi connectivity index (χ4v) is 3.85. The van der Waals surface area contributed by atoms with E-state index in [0.29, 0.717) is 6.54 Å². The van der Waals surface area contributed by atoms with Gasteiger partial charge in [-0.2, -0.15) is 0 Å². The average molecular weight is 339 g/mol. The Bertz CT molecular complexity index is 999. The number of methoxy groups -OCH3 is 1. The van der Waals surface area contributed by atoms with Gasteiger partial charge < -0.3 is 14.9 Å². The minimum Gasteiger partial charge on any atom is -0.496 e. The summed E-state index contributed by atoms with van der Waals surface area (Å²) in [6.07, 6.45) is 1.67. The summed E-state index contributed by atoms with van der Waals surface area (Å²) in [5.74, 6) is 1.68. The molecular formula is C18H17N3O2S. The average Bonchev–Trinajstić information content (AvgIpc) is 3.30. The number of aryl methyl sites for hydroxylation is 1. The number of hydrogen-bond donors (Lipinski definition) is 1. The molecule has 0 amide bonds. The zero-order chi connectivity index (χ0) is 16.7. The molecule has 0 fully saturated rings. The standard InChI is InChI=1S/C18H17N3O2S/c1-11-8-12(5-6-15(11)22-2)17-13(9-19)21-14(10-24-18(21)20-17)16-4-3-7-23-16/h3-8,10H,9,19H2,1-2H3. The third kappa shape index (κ3) is 2.23. The van der Waals surface area contributed by atoms with Crippen molar-refractivity contribution in [1.29, 1.82) is 0 Å². The van der Waals surface area contributed by atoms with Gasteiger partial charge in [0.2, 0.25) is 0 Å². The van der Waals surface area contributed by atoms with Crippen LogP contribution in [0.5, 0.6) is 5.75 Å². The van der Waals surface area contributed by atoms with E-state index in [4.69, 9.17) is 19.9 Å². The maximum atomic E-state index is 6.06. The van der Waals surface area contributed by atoms with Gasteiger partial charge in [-0.25, -0.2) is 4.98 Å². The molecule has 122 valence electrons. The molecule has 5 nitrogen and oxygen atoms in total. The van der Waals surface area contributed by atoms with E-state index in [-0.39, 0.29) is 0 Å². The Kier molecular flexibility index (Phi) is 3.63. The fraction of sp³-hybridized carbons (Fsp3) is 0.167. The van der Waals surface area contributed by atoms with Crippen molar-refractivity contribution in [3.63, 3.8) is 0 Å². The minimum atomic E-state index is 0.395. The van der Waals surface area contributed by atoms with E-state index in [0.717, 1.165) is 44.7 Å². The third-order valence-electron chi connectivity index (χ3n) is 4.09. The molecule has 0 bridgehead atoms. The van der Waals surface area contributed by atoms with Crippen molar-refractivity contribution in [1.82, 2.24) is 9.38 Å². The molecular weight excluding hydrogens is 322 g/mol. The molecule has 1 aromatic carbocycles. The van der Waals surface area contributed by atoms with Crippen LogP contribution in [0.1, 0.15) is 11.3 Å². The van der Waals surface area contributed by atoms with Crippen LogP contribution in [0.4, 0.5) is 0 Å². The van der Waals surface area contributed by atoms with Crippen molar-refractivity contribution >= 4 is 16.3 Å². The van der Waals surface area contributed by atoms with Gasteiger partial charge in [0, 0.05) is 17.5 Å². The monoisotopic (exact) mass is 339 g/mol. The van der Waals surface area contributed by atoms with Crippen LogP contribution < -0.4 is 10.5 Å². The molecule has 6 heteroatoms. The molecule has 3 heterocycles. The number of rotatable bonds is 4. The van der Waals surface area contributed by atoms with Gasteiger partial charge in [0.15, 0.2) is 10.7 Å². The first-order valence-electron chi connectivity index (χ1n) is 7.60. The summed E-state index contributed by atoms with van der Waals surface area (Å²) in [5.41, 5.74) is 11.0. The van der Waals surface area contributed by atoms with Crippen LogP contribution in [0.25, 0.3) is 27.7 Å². The van der Waals surface area contributed by atoms with Gasteiger partial charge in [0.05, 0.1) is 24.8 Å². The van der Waals surface area contributed by atoms with E-state index in [9.17, 15) is 0 Å². The van der Waals surface area contributed by atoms with Crippen molar-refractivity contribution in [3.8, 4) is 28.5 Å². The van der Waals surface area contributed by atoms with Crippen LogP contribution in [0.2, 0.25) is 0 Å². The van der Waals surface area contributed by atoms with Crippen LogP contribution in [-0.4, -0.2) is 16.5 Å². The number of thiazole rings is 1. The molecule has 2 N–H and O–H groups in total. The second kappa shape index (κ2) is 5.81. The number of furan rings is 1. The largest absolute Gasteiger partial charge is 0.496 e. The van der Waals surface area contributed by atoms with Gasteiger partial charge >= 0.3 is 0 Å². The molecule has 0 spiro atoms. The second-order valence-corrected chi connectivity index (χ2v) is 6.35.